The third-order valence-corrected chi connectivity index (χ3v) is 3.07. The number of hydrogen-bond donors (Lipinski definition) is 1. The molecule has 17 heavy (non-hydrogen) atoms. The van der Waals surface area contributed by atoms with Gasteiger partial charge in [0, 0.05) is 7.11 Å². The molecule has 2 unspecified atom stereocenters. The summed E-state index contributed by atoms with van der Waals surface area (Å²) in [6.07, 6.45) is 1.88. The van der Waals surface area contributed by atoms with Gasteiger partial charge in [0.2, 0.25) is 0 Å². The van der Waals surface area contributed by atoms with Gasteiger partial charge in [0.05, 0.1) is 12.2 Å². The number of aryl methyl sites for hydroxylation is 1. The third-order valence-electron chi connectivity index (χ3n) is 3.07. The minimum absolute atomic E-state index is 0.166. The maximum Gasteiger partial charge on any atom is 0.123 e. The van der Waals surface area contributed by atoms with E-state index in [1.807, 2.05) is 13.8 Å². The predicted octanol–water partition coefficient (Wildman–Crippen LogP) is 2.85. The Balaban J connectivity index is 2.47. The highest BCUT2D eigenvalue weighted by atomic mass is 19.1. The summed E-state index contributed by atoms with van der Waals surface area (Å²) in [6.45, 7) is 3.85. The summed E-state index contributed by atoms with van der Waals surface area (Å²) in [6, 6.07) is 4.68. The molecule has 0 aliphatic heterocycles. The fourth-order valence-corrected chi connectivity index (χ4v) is 1.79. The van der Waals surface area contributed by atoms with Gasteiger partial charge in [-0.05, 0) is 56.4 Å². The van der Waals surface area contributed by atoms with Crippen LogP contribution in [0.2, 0.25) is 0 Å². The monoisotopic (exact) mass is 240 g/mol. The van der Waals surface area contributed by atoms with Crippen LogP contribution in [-0.2, 0) is 11.2 Å². The van der Waals surface area contributed by atoms with Crippen molar-refractivity contribution in [2.24, 2.45) is 0 Å². The quantitative estimate of drug-likeness (QED) is 0.828. The van der Waals surface area contributed by atoms with E-state index in [0.29, 0.717) is 12.8 Å². The third kappa shape index (κ3) is 4.84. The summed E-state index contributed by atoms with van der Waals surface area (Å²) < 4.78 is 18.0. The average Bonchev–Trinajstić information content (AvgIpc) is 2.29. The Morgan fingerprint density at radius 3 is 2.65 bits per heavy atom. The summed E-state index contributed by atoms with van der Waals surface area (Å²) in [5.41, 5.74) is 1.90. The van der Waals surface area contributed by atoms with E-state index in [0.717, 1.165) is 17.5 Å². The van der Waals surface area contributed by atoms with Crippen molar-refractivity contribution >= 4 is 0 Å². The predicted molar refractivity (Wildman–Crippen MR) is 66.6 cm³/mol. The molecule has 0 aliphatic carbocycles. The van der Waals surface area contributed by atoms with Gasteiger partial charge in [0.15, 0.2) is 0 Å². The van der Waals surface area contributed by atoms with Crippen molar-refractivity contribution in [2.75, 3.05) is 7.11 Å². The molecule has 2 nitrogen and oxygen atoms in total. The number of rotatable bonds is 6. The van der Waals surface area contributed by atoms with Crippen LogP contribution in [0.15, 0.2) is 18.2 Å². The van der Waals surface area contributed by atoms with Crippen LogP contribution in [0.4, 0.5) is 4.39 Å². The molecule has 0 aliphatic rings. The van der Waals surface area contributed by atoms with Crippen molar-refractivity contribution in [3.8, 4) is 0 Å². The van der Waals surface area contributed by atoms with Gasteiger partial charge in [-0.2, -0.15) is 0 Å². The van der Waals surface area contributed by atoms with Crippen molar-refractivity contribution in [1.29, 1.82) is 0 Å². The Morgan fingerprint density at radius 2 is 2.06 bits per heavy atom. The van der Waals surface area contributed by atoms with E-state index in [-0.39, 0.29) is 11.9 Å². The number of halogens is 1. The molecule has 96 valence electrons. The first-order chi connectivity index (χ1) is 8.02. The highest BCUT2D eigenvalue weighted by molar-refractivity contribution is 5.27. The second-order valence-electron chi connectivity index (χ2n) is 4.55. The zero-order valence-electron chi connectivity index (χ0n) is 10.7. The number of benzene rings is 1. The van der Waals surface area contributed by atoms with Crippen molar-refractivity contribution in [3.05, 3.63) is 35.1 Å². The smallest absolute Gasteiger partial charge is 0.123 e. The van der Waals surface area contributed by atoms with Crippen LogP contribution in [-0.4, -0.2) is 24.4 Å². The number of methoxy groups -OCH3 is 1. The molecule has 0 bridgehead atoms. The summed E-state index contributed by atoms with van der Waals surface area (Å²) in [5.74, 6) is -0.228. The lowest BCUT2D eigenvalue weighted by molar-refractivity contribution is 0.0851. The first kappa shape index (κ1) is 14.1. The fraction of sp³-hybridized carbons (Fsp3) is 0.571. The normalized spacial score (nSPS) is 14.6. The fourth-order valence-electron chi connectivity index (χ4n) is 1.79. The van der Waals surface area contributed by atoms with E-state index in [1.165, 1.54) is 12.1 Å². The molecule has 0 amide bonds. The maximum absolute atomic E-state index is 12.9. The Labute approximate surface area is 102 Å². The molecule has 0 saturated carbocycles. The highest BCUT2D eigenvalue weighted by Gasteiger charge is 2.10. The van der Waals surface area contributed by atoms with Gasteiger partial charge in [0.1, 0.15) is 5.82 Å². The number of ether oxygens (including phenoxy) is 1. The molecule has 0 fully saturated rings. The van der Waals surface area contributed by atoms with Crippen LogP contribution in [0.5, 0.6) is 0 Å². The lowest BCUT2D eigenvalue weighted by Gasteiger charge is -2.15. The minimum atomic E-state index is -0.392. The molecule has 1 aromatic carbocycles. The molecule has 1 aromatic rings. The molecule has 0 aromatic heterocycles. The molecular formula is C14H21FO2. The topological polar surface area (TPSA) is 29.5 Å². The van der Waals surface area contributed by atoms with E-state index < -0.39 is 6.10 Å². The van der Waals surface area contributed by atoms with Crippen LogP contribution in [0.1, 0.15) is 30.9 Å². The molecule has 3 heteroatoms. The van der Waals surface area contributed by atoms with E-state index in [1.54, 1.807) is 13.2 Å². The van der Waals surface area contributed by atoms with Gasteiger partial charge >= 0.3 is 0 Å². The van der Waals surface area contributed by atoms with Crippen LogP contribution < -0.4 is 0 Å². The SMILES string of the molecule is COC(C)CCC(O)Cc1ccc(F)cc1C. The standard InChI is InChI=1S/C14H21FO2/c1-10-8-13(15)6-5-12(10)9-14(16)7-4-11(2)17-3/h5-6,8,11,14,16H,4,7,9H2,1-3H3. The van der Waals surface area contributed by atoms with Gasteiger partial charge in [-0.15, -0.1) is 0 Å². The Hall–Kier alpha value is -0.930. The Kier molecular flexibility index (Phi) is 5.59. The van der Waals surface area contributed by atoms with Gasteiger partial charge in [-0.3, -0.25) is 0 Å². The van der Waals surface area contributed by atoms with Gasteiger partial charge in [0.25, 0.3) is 0 Å². The molecule has 0 saturated heterocycles. The molecule has 0 radical (unpaired) electrons. The average molecular weight is 240 g/mol. The molecule has 0 heterocycles. The van der Waals surface area contributed by atoms with Gasteiger partial charge < -0.3 is 9.84 Å². The van der Waals surface area contributed by atoms with Gasteiger partial charge in [-0.25, -0.2) is 4.39 Å². The van der Waals surface area contributed by atoms with Gasteiger partial charge in [-0.1, -0.05) is 6.07 Å². The first-order valence-electron chi connectivity index (χ1n) is 5.98. The van der Waals surface area contributed by atoms with E-state index in [9.17, 15) is 9.50 Å². The molecule has 2 atom stereocenters. The minimum Gasteiger partial charge on any atom is -0.393 e. The molecular weight excluding hydrogens is 219 g/mol. The lowest BCUT2D eigenvalue weighted by Crippen LogP contribution is -2.15. The lowest BCUT2D eigenvalue weighted by atomic mass is 9.99. The summed E-state index contributed by atoms with van der Waals surface area (Å²) in [5, 5.41) is 9.89. The molecule has 1 N–H and O–H groups in total. The van der Waals surface area contributed by atoms with Crippen molar-refractivity contribution in [2.45, 2.75) is 45.3 Å². The van der Waals surface area contributed by atoms with Crippen LogP contribution >= 0.6 is 0 Å². The Morgan fingerprint density at radius 1 is 1.35 bits per heavy atom. The molecule has 1 rings (SSSR count). The number of aliphatic hydroxyl groups excluding tert-OH is 1. The molecule has 0 spiro atoms. The van der Waals surface area contributed by atoms with Crippen molar-refractivity contribution in [3.63, 3.8) is 0 Å². The summed E-state index contributed by atoms with van der Waals surface area (Å²) in [4.78, 5) is 0. The van der Waals surface area contributed by atoms with Crippen LogP contribution in [0.25, 0.3) is 0 Å². The first-order valence-corrected chi connectivity index (χ1v) is 5.98. The van der Waals surface area contributed by atoms with Crippen LogP contribution in [0.3, 0.4) is 0 Å². The summed E-state index contributed by atoms with van der Waals surface area (Å²) in [7, 11) is 1.67. The summed E-state index contributed by atoms with van der Waals surface area (Å²) >= 11 is 0. The van der Waals surface area contributed by atoms with E-state index >= 15 is 0 Å². The number of aliphatic hydroxyl groups is 1. The second kappa shape index (κ2) is 6.72. The second-order valence-corrected chi connectivity index (χ2v) is 4.55. The van der Waals surface area contributed by atoms with Crippen molar-refractivity contribution < 1.29 is 14.2 Å². The van der Waals surface area contributed by atoms with E-state index in [2.05, 4.69) is 0 Å². The zero-order chi connectivity index (χ0) is 12.8. The largest absolute Gasteiger partial charge is 0.393 e. The zero-order valence-corrected chi connectivity index (χ0v) is 10.7. The highest BCUT2D eigenvalue weighted by Crippen LogP contribution is 2.15. The van der Waals surface area contributed by atoms with E-state index in [4.69, 9.17) is 4.74 Å². The van der Waals surface area contributed by atoms with Crippen molar-refractivity contribution in [1.82, 2.24) is 0 Å². The maximum atomic E-state index is 12.9. The van der Waals surface area contributed by atoms with Crippen LogP contribution in [0, 0.1) is 12.7 Å². The number of hydrogen-bond acceptors (Lipinski definition) is 2. The Bertz CT molecular complexity index is 352.